The lowest BCUT2D eigenvalue weighted by Crippen LogP contribution is -2.19. The predicted molar refractivity (Wildman–Crippen MR) is 72.2 cm³/mol. The summed E-state index contributed by atoms with van der Waals surface area (Å²) in [5.41, 5.74) is -0.357. The molecule has 1 aromatic heterocycles. The van der Waals surface area contributed by atoms with Gasteiger partial charge in [-0.25, -0.2) is 0 Å². The third-order valence-corrected chi connectivity index (χ3v) is 4.80. The molecule has 20 heavy (non-hydrogen) atoms. The molecule has 1 heterocycles. The van der Waals surface area contributed by atoms with Gasteiger partial charge in [0.05, 0.1) is 6.42 Å². The van der Waals surface area contributed by atoms with E-state index in [1.165, 1.54) is 25.7 Å². The first-order valence-electron chi connectivity index (χ1n) is 7.47. The van der Waals surface area contributed by atoms with E-state index in [1.54, 1.807) is 0 Å². The number of carboxylic acids is 1. The van der Waals surface area contributed by atoms with Gasteiger partial charge in [-0.3, -0.25) is 4.79 Å². The highest BCUT2D eigenvalue weighted by atomic mass is 16.4. The summed E-state index contributed by atoms with van der Waals surface area (Å²) < 4.78 is 5.82. The summed E-state index contributed by atoms with van der Waals surface area (Å²) in [5, 5.41) is 17.3. The molecule has 3 atom stereocenters. The minimum absolute atomic E-state index is 0.110. The molecule has 3 rings (SSSR count). The van der Waals surface area contributed by atoms with Crippen molar-refractivity contribution in [2.75, 3.05) is 0 Å². The second-order valence-corrected chi connectivity index (χ2v) is 7.23. The van der Waals surface area contributed by atoms with E-state index in [4.69, 9.17) is 9.52 Å². The Balaban J connectivity index is 1.66. The van der Waals surface area contributed by atoms with E-state index < -0.39 is 5.97 Å². The Hall–Kier alpha value is -1.39. The number of fused-ring (bicyclic) bond motifs is 2. The molecule has 2 aliphatic rings. The van der Waals surface area contributed by atoms with Crippen LogP contribution in [0.4, 0.5) is 0 Å². The van der Waals surface area contributed by atoms with E-state index in [2.05, 4.69) is 10.2 Å². The topological polar surface area (TPSA) is 76.2 Å². The lowest BCUT2D eigenvalue weighted by atomic mass is 9.86. The van der Waals surface area contributed by atoms with Gasteiger partial charge in [0.15, 0.2) is 0 Å². The fraction of sp³-hybridized carbons (Fsp3) is 0.800. The fourth-order valence-electron chi connectivity index (χ4n) is 3.92. The molecule has 1 N–H and O–H groups in total. The van der Waals surface area contributed by atoms with Crippen LogP contribution in [0.2, 0.25) is 0 Å². The SMILES string of the molecule is CC(C)(CC(=O)O)Cc1nnc(C2CC3CCC2C3)o1. The first-order valence-corrected chi connectivity index (χ1v) is 7.47. The summed E-state index contributed by atoms with van der Waals surface area (Å²) >= 11 is 0. The van der Waals surface area contributed by atoms with Crippen molar-refractivity contribution in [2.45, 2.75) is 58.3 Å². The molecule has 2 saturated carbocycles. The zero-order chi connectivity index (χ0) is 14.3. The van der Waals surface area contributed by atoms with Gasteiger partial charge in [-0.15, -0.1) is 10.2 Å². The van der Waals surface area contributed by atoms with E-state index in [1.807, 2.05) is 13.8 Å². The molecule has 0 saturated heterocycles. The van der Waals surface area contributed by atoms with E-state index in [0.717, 1.165) is 17.7 Å². The number of nitrogens with zero attached hydrogens (tertiary/aromatic N) is 2. The number of hydrogen-bond acceptors (Lipinski definition) is 4. The summed E-state index contributed by atoms with van der Waals surface area (Å²) in [4.78, 5) is 10.8. The molecule has 0 amide bonds. The zero-order valence-corrected chi connectivity index (χ0v) is 12.1. The lowest BCUT2D eigenvalue weighted by molar-refractivity contribution is -0.139. The lowest BCUT2D eigenvalue weighted by Gasteiger charge is -2.20. The van der Waals surface area contributed by atoms with Crippen LogP contribution in [-0.4, -0.2) is 21.3 Å². The molecule has 1 aromatic rings. The van der Waals surface area contributed by atoms with Crippen molar-refractivity contribution in [3.63, 3.8) is 0 Å². The van der Waals surface area contributed by atoms with Crippen LogP contribution in [0.15, 0.2) is 4.42 Å². The quantitative estimate of drug-likeness (QED) is 0.896. The van der Waals surface area contributed by atoms with Crippen LogP contribution >= 0.6 is 0 Å². The van der Waals surface area contributed by atoms with Gasteiger partial charge < -0.3 is 9.52 Å². The summed E-state index contributed by atoms with van der Waals surface area (Å²) in [6, 6.07) is 0. The molecule has 5 nitrogen and oxygen atoms in total. The number of aromatic nitrogens is 2. The third kappa shape index (κ3) is 2.72. The molecule has 110 valence electrons. The Labute approximate surface area is 118 Å². The van der Waals surface area contributed by atoms with Gasteiger partial charge in [-0.05, 0) is 36.5 Å². The van der Waals surface area contributed by atoms with Crippen LogP contribution in [-0.2, 0) is 11.2 Å². The molecule has 0 aliphatic heterocycles. The monoisotopic (exact) mass is 278 g/mol. The highest BCUT2D eigenvalue weighted by Gasteiger charge is 2.42. The van der Waals surface area contributed by atoms with Gasteiger partial charge in [-0.2, -0.15) is 0 Å². The van der Waals surface area contributed by atoms with E-state index in [9.17, 15) is 4.79 Å². The Morgan fingerprint density at radius 3 is 2.75 bits per heavy atom. The molecule has 3 unspecified atom stereocenters. The second kappa shape index (κ2) is 4.86. The van der Waals surface area contributed by atoms with E-state index in [0.29, 0.717) is 18.2 Å². The molecule has 2 fully saturated rings. The minimum Gasteiger partial charge on any atom is -0.481 e. The maximum absolute atomic E-state index is 10.8. The highest BCUT2D eigenvalue weighted by molar-refractivity contribution is 5.67. The van der Waals surface area contributed by atoms with Crippen molar-refractivity contribution in [1.82, 2.24) is 10.2 Å². The van der Waals surface area contributed by atoms with Gasteiger partial charge in [0.1, 0.15) is 0 Å². The van der Waals surface area contributed by atoms with Gasteiger partial charge >= 0.3 is 5.97 Å². The molecule has 0 radical (unpaired) electrons. The van der Waals surface area contributed by atoms with Crippen molar-refractivity contribution >= 4 is 5.97 Å². The largest absolute Gasteiger partial charge is 0.481 e. The Morgan fingerprint density at radius 1 is 1.35 bits per heavy atom. The Morgan fingerprint density at radius 2 is 2.15 bits per heavy atom. The second-order valence-electron chi connectivity index (χ2n) is 7.23. The maximum atomic E-state index is 10.8. The van der Waals surface area contributed by atoms with Crippen molar-refractivity contribution in [3.05, 3.63) is 11.8 Å². The minimum atomic E-state index is -0.789. The molecule has 2 bridgehead atoms. The van der Waals surface area contributed by atoms with Gasteiger partial charge in [0, 0.05) is 12.3 Å². The molecular formula is C15H22N2O3. The number of carbonyl (C=O) groups is 1. The van der Waals surface area contributed by atoms with Crippen molar-refractivity contribution in [1.29, 1.82) is 0 Å². The number of hydrogen-bond donors (Lipinski definition) is 1. The average molecular weight is 278 g/mol. The van der Waals surface area contributed by atoms with Crippen LogP contribution in [0.1, 0.15) is 63.7 Å². The third-order valence-electron chi connectivity index (χ3n) is 4.80. The highest BCUT2D eigenvalue weighted by Crippen LogP contribution is 2.52. The molecule has 5 heteroatoms. The Bertz CT molecular complexity index is 509. The smallest absolute Gasteiger partial charge is 0.303 e. The van der Waals surface area contributed by atoms with Crippen molar-refractivity contribution in [3.8, 4) is 0 Å². The van der Waals surface area contributed by atoms with Crippen LogP contribution in [0, 0.1) is 17.3 Å². The maximum Gasteiger partial charge on any atom is 0.303 e. The number of carboxylic acid groups (broad SMARTS) is 1. The molecule has 2 aliphatic carbocycles. The summed E-state index contributed by atoms with van der Waals surface area (Å²) in [6.45, 7) is 3.84. The molecule has 0 spiro atoms. The molecule has 0 aromatic carbocycles. The average Bonchev–Trinajstić information content (AvgIpc) is 3.00. The normalized spacial score (nSPS) is 29.0. The van der Waals surface area contributed by atoms with Crippen LogP contribution in [0.5, 0.6) is 0 Å². The van der Waals surface area contributed by atoms with E-state index >= 15 is 0 Å². The first-order chi connectivity index (χ1) is 9.43. The molecular weight excluding hydrogens is 256 g/mol. The number of aliphatic carboxylic acids is 1. The number of rotatable bonds is 5. The van der Waals surface area contributed by atoms with Crippen LogP contribution in [0.25, 0.3) is 0 Å². The van der Waals surface area contributed by atoms with E-state index in [-0.39, 0.29) is 11.8 Å². The standard InChI is InChI=1S/C15H22N2O3/c1-15(2,8-13(18)19)7-12-16-17-14(20-12)11-6-9-3-4-10(11)5-9/h9-11H,3-8H2,1-2H3,(H,18,19). The van der Waals surface area contributed by atoms with Gasteiger partial charge in [0.2, 0.25) is 11.8 Å². The van der Waals surface area contributed by atoms with Crippen molar-refractivity contribution < 1.29 is 14.3 Å². The fourth-order valence-corrected chi connectivity index (χ4v) is 3.92. The first kappa shape index (κ1) is 13.6. The summed E-state index contributed by atoms with van der Waals surface area (Å²) in [6.07, 6.45) is 5.77. The summed E-state index contributed by atoms with van der Waals surface area (Å²) in [5.74, 6) is 2.58. The van der Waals surface area contributed by atoms with Crippen LogP contribution < -0.4 is 0 Å². The van der Waals surface area contributed by atoms with Gasteiger partial charge in [-0.1, -0.05) is 20.3 Å². The Kier molecular flexibility index (Phi) is 3.30. The predicted octanol–water partition coefficient (Wildman–Crippen LogP) is 3.02. The zero-order valence-electron chi connectivity index (χ0n) is 12.1. The van der Waals surface area contributed by atoms with Gasteiger partial charge in [0.25, 0.3) is 0 Å². The van der Waals surface area contributed by atoms with Crippen LogP contribution in [0.3, 0.4) is 0 Å². The van der Waals surface area contributed by atoms with Crippen molar-refractivity contribution in [2.24, 2.45) is 17.3 Å². The summed E-state index contributed by atoms with van der Waals surface area (Å²) in [7, 11) is 0.